The van der Waals surface area contributed by atoms with Crippen LogP contribution in [0.1, 0.15) is 63.5 Å². The van der Waals surface area contributed by atoms with Gasteiger partial charge >= 0.3 is 6.09 Å². The molecule has 270 valence electrons. The van der Waals surface area contributed by atoms with E-state index < -0.39 is 33.7 Å². The minimum absolute atomic E-state index is 0.00484. The third-order valence-electron chi connectivity index (χ3n) is 11.1. The molecule has 5 aliphatic rings. The number of hydrogen-bond acceptors (Lipinski definition) is 9. The lowest BCUT2D eigenvalue weighted by atomic mass is 9.68. The summed E-state index contributed by atoms with van der Waals surface area (Å²) in [5.74, 6) is -0.0523. The first kappa shape index (κ1) is 35.1. The van der Waals surface area contributed by atoms with Gasteiger partial charge in [0.1, 0.15) is 17.5 Å². The highest BCUT2D eigenvalue weighted by Gasteiger charge is 2.45. The molecule has 2 bridgehead atoms. The van der Waals surface area contributed by atoms with E-state index in [1.807, 2.05) is 18.2 Å². The molecule has 0 radical (unpaired) electrons. The van der Waals surface area contributed by atoms with Crippen LogP contribution in [0.4, 0.5) is 10.5 Å². The third kappa shape index (κ3) is 7.22. The Bertz CT molecular complexity index is 1760. The summed E-state index contributed by atoms with van der Waals surface area (Å²) in [5.41, 5.74) is 1.24. The Morgan fingerprint density at radius 1 is 1.10 bits per heavy atom. The highest BCUT2D eigenvalue weighted by atomic mass is 35.5. The number of anilines is 1. The number of rotatable bonds is 2. The molecule has 2 N–H and O–H groups in total. The number of ether oxygens (including phenoxy) is 4. The molecule has 2 aliphatic carbocycles. The molecule has 3 heterocycles. The van der Waals surface area contributed by atoms with Crippen molar-refractivity contribution in [1.29, 1.82) is 0 Å². The van der Waals surface area contributed by atoms with Crippen LogP contribution in [0.3, 0.4) is 0 Å². The SMILES string of the molecule is CC1(C)OC/C=C/[C@H](OC(=O)NC2CCOCC2)[C@@H]2CC[C@H]2CN2C[C@@]3(CCCc4cc(Cl)ccc43)COc3ccc(cc32)S(=O)(=O)NC1=O. The van der Waals surface area contributed by atoms with E-state index in [1.54, 1.807) is 18.2 Å². The molecule has 1 saturated heterocycles. The van der Waals surface area contributed by atoms with Crippen molar-refractivity contribution in [3.05, 3.63) is 64.7 Å². The molecule has 13 heteroatoms. The van der Waals surface area contributed by atoms with Crippen LogP contribution >= 0.6 is 11.6 Å². The summed E-state index contributed by atoms with van der Waals surface area (Å²) in [4.78, 5) is 28.7. The molecule has 3 aliphatic heterocycles. The Morgan fingerprint density at radius 3 is 2.70 bits per heavy atom. The van der Waals surface area contributed by atoms with Crippen molar-refractivity contribution in [2.75, 3.05) is 44.4 Å². The van der Waals surface area contributed by atoms with E-state index >= 15 is 0 Å². The summed E-state index contributed by atoms with van der Waals surface area (Å²) in [6.07, 6.45) is 8.65. The van der Waals surface area contributed by atoms with Crippen LogP contribution in [0.15, 0.2) is 53.4 Å². The highest BCUT2D eigenvalue weighted by Crippen LogP contribution is 2.47. The lowest BCUT2D eigenvalue weighted by Crippen LogP contribution is -2.50. The average Bonchev–Trinajstić information content (AvgIpc) is 3.21. The van der Waals surface area contributed by atoms with Gasteiger partial charge in [-0.2, -0.15) is 0 Å². The number of halogens is 1. The quantitative estimate of drug-likeness (QED) is 0.397. The number of carbonyl (C=O) groups is 2. The van der Waals surface area contributed by atoms with Gasteiger partial charge in [0, 0.05) is 48.7 Å². The first-order chi connectivity index (χ1) is 23.9. The fourth-order valence-corrected chi connectivity index (χ4v) is 9.37. The van der Waals surface area contributed by atoms with Crippen molar-refractivity contribution >= 4 is 39.3 Å². The van der Waals surface area contributed by atoms with E-state index in [4.69, 9.17) is 30.5 Å². The summed E-state index contributed by atoms with van der Waals surface area (Å²) in [6, 6.07) is 10.9. The number of sulfonamides is 1. The highest BCUT2D eigenvalue weighted by molar-refractivity contribution is 7.90. The second-order valence-corrected chi connectivity index (χ2v) is 16.9. The molecule has 2 aromatic rings. The van der Waals surface area contributed by atoms with Crippen molar-refractivity contribution in [1.82, 2.24) is 10.0 Å². The first-order valence-electron chi connectivity index (χ1n) is 17.7. The second-order valence-electron chi connectivity index (χ2n) is 14.8. The van der Waals surface area contributed by atoms with Crippen molar-refractivity contribution in [3.8, 4) is 5.75 Å². The summed E-state index contributed by atoms with van der Waals surface area (Å²) in [7, 11) is -4.24. The van der Waals surface area contributed by atoms with Crippen molar-refractivity contribution in [2.24, 2.45) is 11.8 Å². The largest absolute Gasteiger partial charge is 0.490 e. The van der Waals surface area contributed by atoms with E-state index in [0.29, 0.717) is 49.4 Å². The Labute approximate surface area is 299 Å². The molecule has 1 saturated carbocycles. The van der Waals surface area contributed by atoms with Crippen LogP contribution in [0, 0.1) is 11.8 Å². The van der Waals surface area contributed by atoms with E-state index in [0.717, 1.165) is 44.9 Å². The van der Waals surface area contributed by atoms with Crippen molar-refractivity contribution in [2.45, 2.75) is 86.9 Å². The molecule has 7 rings (SSSR count). The van der Waals surface area contributed by atoms with E-state index in [-0.39, 0.29) is 34.8 Å². The standard InChI is InChI=1S/C37H46ClN3O8S/c1-36(2)34(42)40-50(44,45)28-9-12-33-31(20-28)41(22-37(23-47-33)15-3-5-24-19-26(38)8-11-30(24)37)21-25-7-10-29(25)32(6-4-16-48-36)49-35(43)39-27-13-17-46-18-14-27/h4,6,8-9,11-12,19-20,25,27,29,32H,3,5,7,10,13-18,21-23H2,1-2H3,(H,39,43)(H,40,42)/b6-4+/t25-,29+,32-,37-/m0/s1. The van der Waals surface area contributed by atoms with Crippen LogP contribution in [-0.4, -0.2) is 77.7 Å². The summed E-state index contributed by atoms with van der Waals surface area (Å²) < 4.78 is 53.5. The Kier molecular flexibility index (Phi) is 9.83. The van der Waals surface area contributed by atoms with Gasteiger partial charge in [0.2, 0.25) is 0 Å². The predicted molar refractivity (Wildman–Crippen MR) is 188 cm³/mol. The molecular formula is C37H46ClN3O8S. The lowest BCUT2D eigenvalue weighted by molar-refractivity contribution is -0.139. The molecule has 2 aromatic carbocycles. The molecule has 2 amide bonds. The fourth-order valence-electron chi connectivity index (χ4n) is 8.05. The predicted octanol–water partition coefficient (Wildman–Crippen LogP) is 5.28. The van der Waals surface area contributed by atoms with Gasteiger partial charge in [0.15, 0.2) is 0 Å². The van der Waals surface area contributed by atoms with Crippen LogP contribution in [-0.2, 0) is 40.9 Å². The lowest BCUT2D eigenvalue weighted by Gasteiger charge is -2.46. The maximum atomic E-state index is 13.6. The van der Waals surface area contributed by atoms with Gasteiger partial charge in [-0.05, 0) is 112 Å². The Hall–Kier alpha value is -3.32. The number of hydrogen-bond donors (Lipinski definition) is 2. The van der Waals surface area contributed by atoms with E-state index in [2.05, 4.69) is 21.0 Å². The minimum atomic E-state index is -4.24. The number of fused-ring (bicyclic) bond motifs is 4. The number of amides is 2. The van der Waals surface area contributed by atoms with Crippen molar-refractivity contribution in [3.63, 3.8) is 0 Å². The number of aryl methyl sites for hydroxylation is 1. The van der Waals surface area contributed by atoms with Gasteiger partial charge in [0.25, 0.3) is 15.9 Å². The molecule has 0 unspecified atom stereocenters. The smallest absolute Gasteiger partial charge is 0.407 e. The van der Waals surface area contributed by atoms with Gasteiger partial charge in [0.05, 0.1) is 23.8 Å². The topological polar surface area (TPSA) is 132 Å². The van der Waals surface area contributed by atoms with Gasteiger partial charge in [-0.15, -0.1) is 0 Å². The first-order valence-corrected chi connectivity index (χ1v) is 19.5. The van der Waals surface area contributed by atoms with Gasteiger partial charge in [-0.3, -0.25) is 4.79 Å². The normalized spacial score (nSPS) is 29.9. The minimum Gasteiger partial charge on any atom is -0.490 e. The van der Waals surface area contributed by atoms with Crippen LogP contribution < -0.4 is 19.7 Å². The fraction of sp³-hybridized carbons (Fsp3) is 0.568. The Balaban J connectivity index is 1.25. The Morgan fingerprint density at radius 2 is 1.92 bits per heavy atom. The number of nitrogens with one attached hydrogen (secondary N) is 2. The average molecular weight is 728 g/mol. The second kappa shape index (κ2) is 14.0. The molecular weight excluding hydrogens is 682 g/mol. The number of carbonyl (C=O) groups excluding carboxylic acids is 2. The molecule has 4 atom stereocenters. The maximum absolute atomic E-state index is 13.6. The zero-order chi connectivity index (χ0) is 35.1. The van der Waals surface area contributed by atoms with Crippen LogP contribution in [0.2, 0.25) is 5.02 Å². The molecule has 2 fully saturated rings. The monoisotopic (exact) mass is 727 g/mol. The third-order valence-corrected chi connectivity index (χ3v) is 12.7. The van der Waals surface area contributed by atoms with Crippen molar-refractivity contribution < 1.29 is 37.0 Å². The number of alkyl carbamates (subject to hydrolysis) is 1. The zero-order valence-electron chi connectivity index (χ0n) is 28.6. The zero-order valence-corrected chi connectivity index (χ0v) is 30.2. The summed E-state index contributed by atoms with van der Waals surface area (Å²) in [5, 5.41) is 3.72. The van der Waals surface area contributed by atoms with Gasteiger partial charge in [-0.1, -0.05) is 23.7 Å². The van der Waals surface area contributed by atoms with E-state index in [9.17, 15) is 18.0 Å². The summed E-state index contributed by atoms with van der Waals surface area (Å²) >= 11 is 6.44. The number of nitrogens with zero attached hydrogens (tertiary/aromatic N) is 1. The number of benzene rings is 2. The summed E-state index contributed by atoms with van der Waals surface area (Å²) in [6.45, 7) is 5.88. The van der Waals surface area contributed by atoms with E-state index in [1.165, 1.54) is 31.0 Å². The van der Waals surface area contributed by atoms with Gasteiger partial charge in [-0.25, -0.2) is 17.9 Å². The molecule has 50 heavy (non-hydrogen) atoms. The molecule has 0 aromatic heterocycles. The van der Waals surface area contributed by atoms with Crippen LogP contribution in [0.5, 0.6) is 5.75 Å². The molecule has 11 nitrogen and oxygen atoms in total. The van der Waals surface area contributed by atoms with Crippen LogP contribution in [0.25, 0.3) is 0 Å². The molecule has 1 spiro atoms. The maximum Gasteiger partial charge on any atom is 0.407 e. The van der Waals surface area contributed by atoms with Gasteiger partial charge < -0.3 is 29.2 Å².